The summed E-state index contributed by atoms with van der Waals surface area (Å²) in [5, 5.41) is 3.23. The third-order valence-electron chi connectivity index (χ3n) is 3.33. The van der Waals surface area contributed by atoms with Crippen LogP contribution in [-0.2, 0) is 0 Å². The molecule has 0 aromatic heterocycles. The zero-order valence-electron chi connectivity index (χ0n) is 11.5. The van der Waals surface area contributed by atoms with E-state index in [1.54, 1.807) is 23.5 Å². The average Bonchev–Trinajstić information content (AvgIpc) is 2.39. The van der Waals surface area contributed by atoms with Gasteiger partial charge in [-0.15, -0.1) is 0 Å². The quantitative estimate of drug-likeness (QED) is 0.430. The molecule has 1 saturated heterocycles. The van der Waals surface area contributed by atoms with Crippen molar-refractivity contribution in [3.05, 3.63) is 0 Å². The van der Waals surface area contributed by atoms with Crippen molar-refractivity contribution in [3.8, 4) is 0 Å². The van der Waals surface area contributed by atoms with Gasteiger partial charge >= 0.3 is 137 Å². The monoisotopic (exact) mass is 516 g/mol. The molecular formula is C14H28Se4. The van der Waals surface area contributed by atoms with Crippen molar-refractivity contribution in [3.63, 3.8) is 0 Å². The van der Waals surface area contributed by atoms with Crippen LogP contribution >= 0.6 is 0 Å². The third kappa shape index (κ3) is 13.1. The van der Waals surface area contributed by atoms with E-state index in [0.717, 1.165) is 48.9 Å². The predicted molar refractivity (Wildman–Crippen MR) is 88.0 cm³/mol. The molecule has 0 unspecified atom stereocenters. The van der Waals surface area contributed by atoms with E-state index in [0.29, 0.717) is 0 Å². The first-order valence-corrected chi connectivity index (χ1v) is 23.0. The van der Waals surface area contributed by atoms with E-state index in [1.165, 1.54) is 64.2 Å². The molecule has 108 valence electrons. The summed E-state index contributed by atoms with van der Waals surface area (Å²) >= 11 is 4.43. The molecule has 1 rings (SSSR count). The van der Waals surface area contributed by atoms with E-state index in [2.05, 4.69) is 0 Å². The molecule has 0 amide bonds. The van der Waals surface area contributed by atoms with Gasteiger partial charge in [-0.1, -0.05) is 0 Å². The fraction of sp³-hybridized carbons (Fsp3) is 1.00. The maximum atomic E-state index is 1.62. The van der Waals surface area contributed by atoms with E-state index in [1.807, 2.05) is 0 Å². The second kappa shape index (κ2) is 15.5. The molecule has 0 radical (unpaired) electrons. The Morgan fingerprint density at radius 2 is 0.611 bits per heavy atom. The Balaban J connectivity index is 2.00. The van der Waals surface area contributed by atoms with Crippen LogP contribution in [-0.4, -0.2) is 48.9 Å². The van der Waals surface area contributed by atoms with E-state index in [4.69, 9.17) is 0 Å². The molecule has 0 saturated carbocycles. The number of hydrogen-bond donors (Lipinski definition) is 0. The molecule has 0 aliphatic carbocycles. The van der Waals surface area contributed by atoms with Gasteiger partial charge in [0, 0.05) is 0 Å². The SMILES string of the molecule is C1CCCCCCC[Se][Se][Se][Se]CCCCCC1. The molecular weight excluding hydrogens is 484 g/mol. The Bertz CT molecular complexity index is 88.8. The predicted octanol–water partition coefficient (Wildman–Crippen LogP) is 4.08. The maximum absolute atomic E-state index is 1.62. The summed E-state index contributed by atoms with van der Waals surface area (Å²) in [6, 6.07) is 0. The van der Waals surface area contributed by atoms with Crippen LogP contribution in [0.15, 0.2) is 0 Å². The van der Waals surface area contributed by atoms with Crippen molar-refractivity contribution in [2.24, 2.45) is 0 Å². The molecule has 0 N–H and O–H groups in total. The molecule has 1 aliphatic heterocycles. The second-order valence-electron chi connectivity index (χ2n) is 5.02. The Kier molecular flexibility index (Phi) is 15.6. The Morgan fingerprint density at radius 3 is 0.944 bits per heavy atom. The summed E-state index contributed by atoms with van der Waals surface area (Å²) in [5.41, 5.74) is 0. The van der Waals surface area contributed by atoms with Crippen LogP contribution in [0.3, 0.4) is 0 Å². The number of rotatable bonds is 0. The molecule has 0 spiro atoms. The van der Waals surface area contributed by atoms with E-state index in [-0.39, 0.29) is 0 Å². The Morgan fingerprint density at radius 1 is 0.333 bits per heavy atom. The van der Waals surface area contributed by atoms with Crippen LogP contribution in [0, 0.1) is 0 Å². The van der Waals surface area contributed by atoms with Crippen molar-refractivity contribution in [2.45, 2.75) is 87.7 Å². The van der Waals surface area contributed by atoms with Crippen molar-refractivity contribution in [1.29, 1.82) is 0 Å². The summed E-state index contributed by atoms with van der Waals surface area (Å²) in [7, 11) is 0. The van der Waals surface area contributed by atoms with Gasteiger partial charge in [-0.05, 0) is 0 Å². The van der Waals surface area contributed by atoms with Gasteiger partial charge in [-0.25, -0.2) is 0 Å². The van der Waals surface area contributed by atoms with Crippen LogP contribution < -0.4 is 0 Å². The third-order valence-corrected chi connectivity index (χ3v) is 42.5. The Hall–Kier alpha value is 2.08. The number of hydrogen-bond acceptors (Lipinski definition) is 0. The average molecular weight is 512 g/mol. The summed E-state index contributed by atoms with van der Waals surface area (Å²) in [6.07, 6.45) is 18.3. The Labute approximate surface area is 135 Å². The zero-order valence-corrected chi connectivity index (χ0v) is 18.4. The second-order valence-corrected chi connectivity index (χ2v) is 31.8. The van der Waals surface area contributed by atoms with Crippen LogP contribution in [0.1, 0.15) is 77.0 Å². The standard InChI is InChI=1S/C14H28Se4/c1-2-4-6-8-10-12-14-16-18-17-15-13-11-9-7-5-3-1/h1-14H2. The summed E-state index contributed by atoms with van der Waals surface area (Å²) in [5.74, 6) is 0. The van der Waals surface area contributed by atoms with Gasteiger partial charge in [0.05, 0.1) is 0 Å². The van der Waals surface area contributed by atoms with Gasteiger partial charge in [0.15, 0.2) is 0 Å². The van der Waals surface area contributed by atoms with Crippen LogP contribution in [0.2, 0.25) is 10.6 Å². The van der Waals surface area contributed by atoms with Crippen LogP contribution in [0.4, 0.5) is 0 Å². The van der Waals surface area contributed by atoms with Crippen LogP contribution in [0.25, 0.3) is 0 Å². The van der Waals surface area contributed by atoms with Gasteiger partial charge < -0.3 is 0 Å². The first-order valence-electron chi connectivity index (χ1n) is 7.58. The molecule has 0 atom stereocenters. The summed E-state index contributed by atoms with van der Waals surface area (Å²) in [6.45, 7) is 0. The van der Waals surface area contributed by atoms with Gasteiger partial charge in [0.25, 0.3) is 0 Å². The van der Waals surface area contributed by atoms with Gasteiger partial charge in [-0.3, -0.25) is 0 Å². The van der Waals surface area contributed by atoms with Gasteiger partial charge in [-0.2, -0.15) is 0 Å². The molecule has 1 fully saturated rings. The van der Waals surface area contributed by atoms with Crippen LogP contribution in [0.5, 0.6) is 0 Å². The van der Waals surface area contributed by atoms with Gasteiger partial charge in [0.2, 0.25) is 0 Å². The van der Waals surface area contributed by atoms with Crippen molar-refractivity contribution < 1.29 is 0 Å². The molecule has 0 aromatic rings. The molecule has 0 bridgehead atoms. The molecule has 4 heteroatoms. The first kappa shape index (κ1) is 18.1. The fourth-order valence-electron chi connectivity index (χ4n) is 2.20. The first-order chi connectivity index (χ1) is 9.00. The summed E-state index contributed by atoms with van der Waals surface area (Å²) in [4.78, 5) is 0. The molecule has 1 heterocycles. The molecule has 1 aliphatic rings. The van der Waals surface area contributed by atoms with Crippen molar-refractivity contribution in [2.75, 3.05) is 0 Å². The molecule has 18 heavy (non-hydrogen) atoms. The molecule has 0 aromatic carbocycles. The van der Waals surface area contributed by atoms with Crippen molar-refractivity contribution >= 4 is 48.9 Å². The van der Waals surface area contributed by atoms with E-state index in [9.17, 15) is 0 Å². The molecule has 0 nitrogen and oxygen atoms in total. The minimum absolute atomic E-state index is 1.08. The summed E-state index contributed by atoms with van der Waals surface area (Å²) < 4.78 is 0. The zero-order chi connectivity index (χ0) is 12.7. The fourth-order valence-corrected chi connectivity index (χ4v) is 44.2. The minimum atomic E-state index is 1.08. The topological polar surface area (TPSA) is 0 Å². The van der Waals surface area contributed by atoms with E-state index < -0.39 is 0 Å². The van der Waals surface area contributed by atoms with E-state index >= 15 is 0 Å². The normalized spacial score (nSPS) is 24.0. The van der Waals surface area contributed by atoms with Gasteiger partial charge in [0.1, 0.15) is 0 Å². The van der Waals surface area contributed by atoms with Crippen molar-refractivity contribution in [1.82, 2.24) is 0 Å².